The van der Waals surface area contributed by atoms with Crippen LogP contribution in [-0.2, 0) is 11.3 Å². The Morgan fingerprint density at radius 1 is 1.25 bits per heavy atom. The fourth-order valence-corrected chi connectivity index (χ4v) is 5.21. The summed E-state index contributed by atoms with van der Waals surface area (Å²) < 4.78 is 39.1. The van der Waals surface area contributed by atoms with E-state index < -0.39 is 35.9 Å². The minimum Gasteiger partial charge on any atom is -0.387 e. The molecule has 1 saturated heterocycles. The molecule has 3 N–H and O–H groups in total. The summed E-state index contributed by atoms with van der Waals surface area (Å²) in [6, 6.07) is 1.63. The summed E-state index contributed by atoms with van der Waals surface area (Å²) >= 11 is 0. The smallest absolute Gasteiger partial charge is 0.387 e. The number of hydrogen-bond acceptors (Lipinski definition) is 6. The van der Waals surface area contributed by atoms with Gasteiger partial charge in [0.25, 0.3) is 5.56 Å². The van der Waals surface area contributed by atoms with E-state index in [2.05, 4.69) is 9.97 Å². The van der Waals surface area contributed by atoms with Crippen LogP contribution in [0.5, 0.6) is 0 Å². The summed E-state index contributed by atoms with van der Waals surface area (Å²) in [6.45, 7) is 0.371. The molecule has 2 aromatic heterocycles. The molecule has 0 bridgehead atoms. The summed E-state index contributed by atoms with van der Waals surface area (Å²) in [5.74, 6) is -0.492. The van der Waals surface area contributed by atoms with E-state index in [1.807, 2.05) is 0 Å². The summed E-state index contributed by atoms with van der Waals surface area (Å²) in [5, 5.41) is 12.0. The van der Waals surface area contributed by atoms with Crippen LogP contribution in [-0.4, -0.2) is 55.3 Å². The van der Waals surface area contributed by atoms with Crippen LogP contribution in [0, 0.1) is 5.41 Å². The predicted octanol–water partition coefficient (Wildman–Crippen LogP) is 2.24. The number of alkyl halides is 3. The quantitative estimate of drug-likeness (QED) is 0.734. The first-order chi connectivity index (χ1) is 15.0. The van der Waals surface area contributed by atoms with Crippen molar-refractivity contribution in [2.45, 2.75) is 63.3 Å². The lowest BCUT2D eigenvalue weighted by molar-refractivity contribution is -0.166. The number of anilines is 1. The van der Waals surface area contributed by atoms with E-state index in [4.69, 9.17) is 5.73 Å². The number of carbonyl (C=O) groups is 1. The van der Waals surface area contributed by atoms with E-state index in [1.54, 1.807) is 12.3 Å². The lowest BCUT2D eigenvalue weighted by atomic mass is 9.65. The second kappa shape index (κ2) is 8.02. The third kappa shape index (κ3) is 4.17. The second-order valence-electron chi connectivity index (χ2n) is 8.98. The van der Waals surface area contributed by atoms with Crippen molar-refractivity contribution in [3.05, 3.63) is 28.8 Å². The van der Waals surface area contributed by atoms with Crippen LogP contribution in [0.2, 0.25) is 0 Å². The van der Waals surface area contributed by atoms with Gasteiger partial charge in [0, 0.05) is 37.3 Å². The first-order valence-corrected chi connectivity index (χ1v) is 10.7. The van der Waals surface area contributed by atoms with E-state index >= 15 is 0 Å². The lowest BCUT2D eigenvalue weighted by Gasteiger charge is -2.52. The molecular weight excluding hydrogens is 427 g/mol. The van der Waals surface area contributed by atoms with Crippen molar-refractivity contribution in [3.8, 4) is 0 Å². The molecule has 1 saturated carbocycles. The third-order valence-corrected chi connectivity index (χ3v) is 6.98. The molecular formula is C21H26F3N5O3. The maximum atomic E-state index is 13.0. The van der Waals surface area contributed by atoms with Gasteiger partial charge >= 0.3 is 6.18 Å². The number of nitrogens with zero attached hydrogens (tertiary/aromatic N) is 4. The fraction of sp³-hybridized carbons (Fsp3) is 0.619. The molecule has 2 aliphatic rings. The number of likely N-dealkylation sites (tertiary alicyclic amines) is 1. The van der Waals surface area contributed by atoms with Crippen molar-refractivity contribution < 1.29 is 23.1 Å². The Kier molecular flexibility index (Phi) is 5.64. The Morgan fingerprint density at radius 3 is 2.66 bits per heavy atom. The largest absolute Gasteiger partial charge is 0.389 e. The monoisotopic (exact) mass is 453 g/mol. The third-order valence-electron chi connectivity index (χ3n) is 6.98. The molecule has 4 rings (SSSR count). The molecule has 8 nitrogen and oxygen atoms in total. The molecule has 174 valence electrons. The van der Waals surface area contributed by atoms with Crippen molar-refractivity contribution in [3.63, 3.8) is 0 Å². The second-order valence-corrected chi connectivity index (χ2v) is 8.98. The number of halogens is 3. The van der Waals surface area contributed by atoms with E-state index in [9.17, 15) is 27.9 Å². The van der Waals surface area contributed by atoms with Gasteiger partial charge in [-0.3, -0.25) is 9.59 Å². The van der Waals surface area contributed by atoms with Gasteiger partial charge in [-0.25, -0.2) is 9.97 Å². The van der Waals surface area contributed by atoms with Crippen LogP contribution in [0.4, 0.5) is 19.1 Å². The molecule has 0 aromatic carbocycles. The van der Waals surface area contributed by atoms with Crippen molar-refractivity contribution >= 4 is 22.8 Å². The van der Waals surface area contributed by atoms with Gasteiger partial charge in [0.05, 0.1) is 29.5 Å². The molecule has 3 heterocycles. The minimum absolute atomic E-state index is 0.0245. The first-order valence-electron chi connectivity index (χ1n) is 10.7. The highest BCUT2D eigenvalue weighted by atomic mass is 19.4. The standard InChI is InChI=1S/C21H26F3N5O3/c22-21(23,24)7-3-16(30)28-10-8-20(32,19(12-28)5-1-2-6-19)13-29-9-4-15-14(17(29)31)11-26-18(25)27-15/h4,9,11,32H,1-3,5-8,10,12-13H2,(H2,25,26,27). The number of hydrogen-bond donors (Lipinski definition) is 2. The van der Waals surface area contributed by atoms with E-state index in [0.29, 0.717) is 18.4 Å². The van der Waals surface area contributed by atoms with Gasteiger partial charge in [-0.1, -0.05) is 12.8 Å². The highest BCUT2D eigenvalue weighted by Gasteiger charge is 2.55. The van der Waals surface area contributed by atoms with E-state index in [-0.39, 0.29) is 42.9 Å². The fourth-order valence-electron chi connectivity index (χ4n) is 5.21. The SMILES string of the molecule is Nc1ncc2c(=O)n(CC3(O)CCN(C(=O)CCC(F)(F)F)CC34CCCC4)ccc2n1. The number of pyridine rings is 1. The average Bonchev–Trinajstić information content (AvgIpc) is 3.20. The van der Waals surface area contributed by atoms with Crippen LogP contribution >= 0.6 is 0 Å². The summed E-state index contributed by atoms with van der Waals surface area (Å²) in [7, 11) is 0. The van der Waals surface area contributed by atoms with Crippen molar-refractivity contribution in [2.75, 3.05) is 18.8 Å². The number of rotatable bonds is 4. The molecule has 32 heavy (non-hydrogen) atoms. The minimum atomic E-state index is -4.39. The number of amides is 1. The van der Waals surface area contributed by atoms with Gasteiger partial charge in [0.2, 0.25) is 11.9 Å². The molecule has 1 amide bonds. The van der Waals surface area contributed by atoms with Crippen LogP contribution < -0.4 is 11.3 Å². The van der Waals surface area contributed by atoms with Crippen LogP contribution in [0.25, 0.3) is 10.9 Å². The van der Waals surface area contributed by atoms with Gasteiger partial charge in [-0.15, -0.1) is 0 Å². The Bertz CT molecular complexity index is 1080. The molecule has 11 heteroatoms. The number of piperidine rings is 1. The Balaban J connectivity index is 1.58. The number of carbonyl (C=O) groups excluding carboxylic acids is 1. The molecule has 2 aromatic rings. The Morgan fingerprint density at radius 2 is 1.97 bits per heavy atom. The first kappa shape index (κ1) is 22.5. The molecule has 1 aliphatic carbocycles. The molecule has 1 atom stereocenters. The highest BCUT2D eigenvalue weighted by Crippen LogP contribution is 2.51. The molecule has 1 spiro atoms. The number of fused-ring (bicyclic) bond motifs is 1. The maximum absolute atomic E-state index is 13.0. The van der Waals surface area contributed by atoms with Gasteiger partial charge in [0.1, 0.15) is 0 Å². The molecule has 1 aliphatic heterocycles. The Labute approximate surface area is 182 Å². The number of nitrogen functional groups attached to an aromatic ring is 1. The molecule has 1 unspecified atom stereocenters. The maximum Gasteiger partial charge on any atom is 0.389 e. The van der Waals surface area contributed by atoms with Crippen LogP contribution in [0.3, 0.4) is 0 Å². The molecule has 0 radical (unpaired) electrons. The van der Waals surface area contributed by atoms with Crippen LogP contribution in [0.15, 0.2) is 23.3 Å². The molecule has 2 fully saturated rings. The zero-order valence-electron chi connectivity index (χ0n) is 17.6. The van der Waals surface area contributed by atoms with Crippen molar-refractivity contribution in [1.82, 2.24) is 19.4 Å². The Hall–Kier alpha value is -2.69. The van der Waals surface area contributed by atoms with Crippen LogP contribution in [0.1, 0.15) is 44.9 Å². The number of aliphatic hydroxyl groups is 1. The van der Waals surface area contributed by atoms with Gasteiger partial charge in [0.15, 0.2) is 0 Å². The van der Waals surface area contributed by atoms with E-state index in [0.717, 1.165) is 12.8 Å². The van der Waals surface area contributed by atoms with Crippen molar-refractivity contribution in [1.29, 1.82) is 0 Å². The van der Waals surface area contributed by atoms with E-state index in [1.165, 1.54) is 15.7 Å². The highest BCUT2D eigenvalue weighted by molar-refractivity contribution is 5.77. The average molecular weight is 453 g/mol. The summed E-state index contributed by atoms with van der Waals surface area (Å²) in [5.41, 5.74) is 3.70. The van der Waals surface area contributed by atoms with Crippen molar-refractivity contribution in [2.24, 2.45) is 5.41 Å². The number of nitrogens with two attached hydrogens (primary N) is 1. The predicted molar refractivity (Wildman–Crippen MR) is 111 cm³/mol. The van der Waals surface area contributed by atoms with Gasteiger partial charge in [-0.2, -0.15) is 13.2 Å². The lowest BCUT2D eigenvalue weighted by Crippen LogP contribution is -2.62. The summed E-state index contributed by atoms with van der Waals surface area (Å²) in [6.07, 6.45) is -0.0328. The van der Waals surface area contributed by atoms with Gasteiger partial charge < -0.3 is 20.3 Å². The topological polar surface area (TPSA) is 114 Å². The zero-order valence-corrected chi connectivity index (χ0v) is 17.6. The zero-order chi connectivity index (χ0) is 23.1. The van der Waals surface area contributed by atoms with Gasteiger partial charge in [-0.05, 0) is 25.3 Å². The number of aromatic nitrogens is 3. The normalized spacial score (nSPS) is 23.2. The summed E-state index contributed by atoms with van der Waals surface area (Å²) in [4.78, 5) is 34.8.